The van der Waals surface area contributed by atoms with Gasteiger partial charge < -0.3 is 15.2 Å². The summed E-state index contributed by atoms with van der Waals surface area (Å²) < 4.78 is 5.70. The van der Waals surface area contributed by atoms with Gasteiger partial charge in [0, 0.05) is 24.2 Å². The smallest absolute Gasteiger partial charge is 0.119 e. The average Bonchev–Trinajstić information content (AvgIpc) is 2.66. The van der Waals surface area contributed by atoms with Crippen molar-refractivity contribution in [2.24, 2.45) is 0 Å². The lowest BCUT2D eigenvalue weighted by Crippen LogP contribution is -2.44. The molecule has 0 bridgehead atoms. The van der Waals surface area contributed by atoms with Gasteiger partial charge >= 0.3 is 0 Å². The van der Waals surface area contributed by atoms with Crippen LogP contribution in [0.25, 0.3) is 0 Å². The standard InChI is InChI=1S/C14H21ClN2O2/c15-12-2-4-14(5-3-12)19-9-8-17-7-1-6-16-10-13(17)11-18/h2-5,13,16,18H,1,6-11H2. The van der Waals surface area contributed by atoms with Crippen LogP contribution in [0.5, 0.6) is 5.75 Å². The molecule has 2 rings (SSSR count). The summed E-state index contributed by atoms with van der Waals surface area (Å²) >= 11 is 5.82. The van der Waals surface area contributed by atoms with Gasteiger partial charge in [-0.25, -0.2) is 0 Å². The molecule has 0 spiro atoms. The van der Waals surface area contributed by atoms with Gasteiger partial charge in [0.1, 0.15) is 12.4 Å². The predicted octanol–water partition coefficient (Wildman–Crippen LogP) is 1.38. The molecule has 1 unspecified atom stereocenters. The minimum atomic E-state index is 0.188. The Morgan fingerprint density at radius 2 is 2.16 bits per heavy atom. The van der Waals surface area contributed by atoms with Crippen molar-refractivity contribution in [2.75, 3.05) is 39.4 Å². The van der Waals surface area contributed by atoms with Crippen molar-refractivity contribution in [2.45, 2.75) is 12.5 Å². The third-order valence-electron chi connectivity index (χ3n) is 3.37. The molecular weight excluding hydrogens is 264 g/mol. The first kappa shape index (κ1) is 14.6. The lowest BCUT2D eigenvalue weighted by atomic mass is 10.2. The van der Waals surface area contributed by atoms with E-state index in [1.807, 2.05) is 24.3 Å². The van der Waals surface area contributed by atoms with Crippen molar-refractivity contribution in [3.63, 3.8) is 0 Å². The molecule has 1 fully saturated rings. The number of ether oxygens (including phenoxy) is 1. The van der Waals surface area contributed by atoms with E-state index >= 15 is 0 Å². The molecule has 1 atom stereocenters. The van der Waals surface area contributed by atoms with Crippen LogP contribution in [0.1, 0.15) is 6.42 Å². The number of benzene rings is 1. The van der Waals surface area contributed by atoms with Crippen LogP contribution in [0.15, 0.2) is 24.3 Å². The summed E-state index contributed by atoms with van der Waals surface area (Å²) in [5.41, 5.74) is 0. The maximum Gasteiger partial charge on any atom is 0.119 e. The van der Waals surface area contributed by atoms with E-state index in [0.29, 0.717) is 11.6 Å². The highest BCUT2D eigenvalue weighted by Crippen LogP contribution is 2.15. The van der Waals surface area contributed by atoms with E-state index in [1.165, 1.54) is 0 Å². The number of hydrogen-bond donors (Lipinski definition) is 2. The summed E-state index contributed by atoms with van der Waals surface area (Å²) in [6.45, 7) is 4.51. The van der Waals surface area contributed by atoms with Gasteiger partial charge in [0.25, 0.3) is 0 Å². The molecule has 106 valence electrons. The number of rotatable bonds is 5. The van der Waals surface area contributed by atoms with Crippen LogP contribution >= 0.6 is 11.6 Å². The molecular formula is C14H21ClN2O2. The minimum absolute atomic E-state index is 0.188. The van der Waals surface area contributed by atoms with E-state index in [1.54, 1.807) is 0 Å². The van der Waals surface area contributed by atoms with E-state index in [4.69, 9.17) is 16.3 Å². The molecule has 19 heavy (non-hydrogen) atoms. The van der Waals surface area contributed by atoms with Crippen LogP contribution in [0.3, 0.4) is 0 Å². The molecule has 1 aliphatic heterocycles. The van der Waals surface area contributed by atoms with Crippen LogP contribution in [-0.2, 0) is 0 Å². The number of nitrogens with one attached hydrogen (secondary N) is 1. The van der Waals surface area contributed by atoms with Gasteiger partial charge in [-0.15, -0.1) is 0 Å². The second kappa shape index (κ2) is 7.70. The molecule has 0 radical (unpaired) electrons. The van der Waals surface area contributed by atoms with Gasteiger partial charge in [-0.05, 0) is 43.8 Å². The molecule has 0 amide bonds. The van der Waals surface area contributed by atoms with Crippen molar-refractivity contribution >= 4 is 11.6 Å². The van der Waals surface area contributed by atoms with E-state index in [0.717, 1.165) is 38.3 Å². The zero-order chi connectivity index (χ0) is 13.5. The van der Waals surface area contributed by atoms with Gasteiger partial charge in [-0.1, -0.05) is 11.6 Å². The third-order valence-corrected chi connectivity index (χ3v) is 3.62. The Balaban J connectivity index is 1.78. The van der Waals surface area contributed by atoms with Crippen LogP contribution in [0.2, 0.25) is 5.02 Å². The Kier molecular flexibility index (Phi) is 5.92. The SMILES string of the molecule is OCC1CNCCCN1CCOc1ccc(Cl)cc1. The highest BCUT2D eigenvalue weighted by molar-refractivity contribution is 6.30. The molecule has 0 saturated carbocycles. The predicted molar refractivity (Wildman–Crippen MR) is 76.9 cm³/mol. The molecule has 1 aliphatic rings. The van der Waals surface area contributed by atoms with Crippen molar-refractivity contribution in [1.29, 1.82) is 0 Å². The summed E-state index contributed by atoms with van der Waals surface area (Å²) in [6, 6.07) is 7.58. The fourth-order valence-corrected chi connectivity index (χ4v) is 2.40. The first-order valence-electron chi connectivity index (χ1n) is 6.73. The fraction of sp³-hybridized carbons (Fsp3) is 0.571. The lowest BCUT2D eigenvalue weighted by Gasteiger charge is -2.27. The molecule has 0 aliphatic carbocycles. The summed E-state index contributed by atoms with van der Waals surface area (Å²) in [5.74, 6) is 0.831. The highest BCUT2D eigenvalue weighted by atomic mass is 35.5. The van der Waals surface area contributed by atoms with Crippen molar-refractivity contribution < 1.29 is 9.84 Å². The maximum atomic E-state index is 9.40. The first-order chi connectivity index (χ1) is 9.29. The number of hydrogen-bond acceptors (Lipinski definition) is 4. The third kappa shape index (κ3) is 4.66. The Bertz CT molecular complexity index is 372. The molecule has 2 N–H and O–H groups in total. The summed E-state index contributed by atoms with van der Waals surface area (Å²) in [4.78, 5) is 2.29. The van der Waals surface area contributed by atoms with Crippen LogP contribution < -0.4 is 10.1 Å². The lowest BCUT2D eigenvalue weighted by molar-refractivity contribution is 0.115. The molecule has 5 heteroatoms. The second-order valence-electron chi connectivity index (χ2n) is 4.73. The number of halogens is 1. The Morgan fingerprint density at radius 1 is 1.37 bits per heavy atom. The van der Waals surface area contributed by atoms with Gasteiger partial charge in [0.2, 0.25) is 0 Å². The summed E-state index contributed by atoms with van der Waals surface area (Å²) in [5, 5.41) is 13.4. The minimum Gasteiger partial charge on any atom is -0.492 e. The Labute approximate surface area is 119 Å². The van der Waals surface area contributed by atoms with Gasteiger partial charge in [-0.2, -0.15) is 0 Å². The van der Waals surface area contributed by atoms with E-state index in [-0.39, 0.29) is 12.6 Å². The first-order valence-corrected chi connectivity index (χ1v) is 7.11. The topological polar surface area (TPSA) is 44.7 Å². The van der Waals surface area contributed by atoms with Crippen LogP contribution in [-0.4, -0.2) is 55.4 Å². The number of aliphatic hydroxyl groups is 1. The van der Waals surface area contributed by atoms with Crippen LogP contribution in [0.4, 0.5) is 0 Å². The van der Waals surface area contributed by atoms with Crippen molar-refractivity contribution in [1.82, 2.24) is 10.2 Å². The highest BCUT2D eigenvalue weighted by Gasteiger charge is 2.19. The van der Waals surface area contributed by atoms with Gasteiger partial charge in [-0.3, -0.25) is 4.90 Å². The van der Waals surface area contributed by atoms with Gasteiger partial charge in [0.15, 0.2) is 0 Å². The van der Waals surface area contributed by atoms with Crippen molar-refractivity contribution in [3.8, 4) is 5.75 Å². The quantitative estimate of drug-likeness (QED) is 0.857. The number of nitrogens with zero attached hydrogens (tertiary/aromatic N) is 1. The van der Waals surface area contributed by atoms with E-state index < -0.39 is 0 Å². The summed E-state index contributed by atoms with van der Waals surface area (Å²) in [6.07, 6.45) is 1.11. The zero-order valence-corrected chi connectivity index (χ0v) is 11.8. The molecule has 4 nitrogen and oxygen atoms in total. The molecule has 0 aromatic heterocycles. The van der Waals surface area contributed by atoms with Crippen LogP contribution in [0, 0.1) is 0 Å². The Hall–Kier alpha value is -0.810. The second-order valence-corrected chi connectivity index (χ2v) is 5.17. The monoisotopic (exact) mass is 284 g/mol. The summed E-state index contributed by atoms with van der Waals surface area (Å²) in [7, 11) is 0. The normalized spacial score (nSPS) is 21.1. The number of aliphatic hydroxyl groups excluding tert-OH is 1. The fourth-order valence-electron chi connectivity index (χ4n) is 2.27. The molecule has 1 heterocycles. The molecule has 1 saturated heterocycles. The Morgan fingerprint density at radius 3 is 2.89 bits per heavy atom. The maximum absolute atomic E-state index is 9.40. The van der Waals surface area contributed by atoms with E-state index in [9.17, 15) is 5.11 Å². The largest absolute Gasteiger partial charge is 0.492 e. The molecule has 1 aromatic carbocycles. The van der Waals surface area contributed by atoms with Gasteiger partial charge in [0.05, 0.1) is 6.61 Å². The molecule has 1 aromatic rings. The average molecular weight is 285 g/mol. The zero-order valence-electron chi connectivity index (χ0n) is 11.0. The van der Waals surface area contributed by atoms with E-state index in [2.05, 4.69) is 10.2 Å². The van der Waals surface area contributed by atoms with Crippen molar-refractivity contribution in [3.05, 3.63) is 29.3 Å².